The number of aryl methyl sites for hydroxylation is 1. The van der Waals surface area contributed by atoms with Crippen LogP contribution in [-0.2, 0) is 18.0 Å². The Labute approximate surface area is 196 Å². The van der Waals surface area contributed by atoms with Crippen LogP contribution in [0.25, 0.3) is 12.2 Å². The summed E-state index contributed by atoms with van der Waals surface area (Å²) in [5.41, 5.74) is 2.64. The zero-order valence-corrected chi connectivity index (χ0v) is 18.9. The van der Waals surface area contributed by atoms with E-state index >= 15 is 0 Å². The lowest BCUT2D eigenvalue weighted by atomic mass is 10.0. The third-order valence-electron chi connectivity index (χ3n) is 5.13. The van der Waals surface area contributed by atoms with Crippen LogP contribution in [0.5, 0.6) is 5.75 Å². The number of carbonyl (C=O) groups is 1. The van der Waals surface area contributed by atoms with Crippen LogP contribution in [0.15, 0.2) is 59.9 Å². The first kappa shape index (κ1) is 26.9. The Balaban J connectivity index is 2.34. The largest absolute Gasteiger partial charge is 0.508 e. The Kier molecular flexibility index (Phi) is 9.65. The quantitative estimate of drug-likeness (QED) is 0.242. The van der Waals surface area contributed by atoms with Crippen molar-refractivity contribution < 1.29 is 38.0 Å². The topological polar surface area (TPSA) is 87.0 Å². The lowest BCUT2D eigenvalue weighted by molar-refractivity contribution is -0.134. The molecule has 2 aromatic carbocycles. The minimum atomic E-state index is -4.50. The molecule has 0 unspecified atom stereocenters. The van der Waals surface area contributed by atoms with Crippen LogP contribution in [0, 0.1) is 6.92 Å². The molecule has 0 aromatic heterocycles. The molecule has 0 atom stereocenters. The Morgan fingerprint density at radius 1 is 0.971 bits per heavy atom. The summed E-state index contributed by atoms with van der Waals surface area (Å²) >= 11 is 0. The summed E-state index contributed by atoms with van der Waals surface area (Å²) in [4.78, 5) is 12.7. The van der Waals surface area contributed by atoms with Crippen LogP contribution in [0.3, 0.4) is 0 Å². The molecule has 0 amide bonds. The Morgan fingerprint density at radius 3 is 2.21 bits per heavy atom. The molecule has 0 saturated carbocycles. The van der Waals surface area contributed by atoms with Gasteiger partial charge in [-0.2, -0.15) is 13.2 Å². The van der Waals surface area contributed by atoms with Crippen LogP contribution >= 0.6 is 0 Å². The summed E-state index contributed by atoms with van der Waals surface area (Å²) in [7, 11) is 1.50. The summed E-state index contributed by atoms with van der Waals surface area (Å²) in [5.74, 6) is -0.738. The summed E-state index contributed by atoms with van der Waals surface area (Å²) in [5, 5.41) is 29.1. The van der Waals surface area contributed by atoms with Gasteiger partial charge in [0, 0.05) is 12.0 Å². The number of carbonyl (C=O) groups excluding carboxylic acids is 1. The zero-order valence-electron chi connectivity index (χ0n) is 18.9. The van der Waals surface area contributed by atoms with Crippen molar-refractivity contribution in [1.82, 2.24) is 0 Å². The lowest BCUT2D eigenvalue weighted by Crippen LogP contribution is -2.11. The molecule has 0 bridgehead atoms. The second-order valence-electron chi connectivity index (χ2n) is 7.58. The highest BCUT2D eigenvalue weighted by Crippen LogP contribution is 2.26. The van der Waals surface area contributed by atoms with Crippen molar-refractivity contribution in [3.8, 4) is 5.75 Å². The van der Waals surface area contributed by atoms with Gasteiger partial charge in [-0.25, -0.2) is 0 Å². The van der Waals surface area contributed by atoms with E-state index in [9.17, 15) is 33.3 Å². The van der Waals surface area contributed by atoms with Crippen LogP contribution in [0.1, 0.15) is 40.7 Å². The van der Waals surface area contributed by atoms with E-state index in [1.165, 1.54) is 19.3 Å². The molecule has 34 heavy (non-hydrogen) atoms. The van der Waals surface area contributed by atoms with Crippen molar-refractivity contribution >= 4 is 17.9 Å². The van der Waals surface area contributed by atoms with E-state index in [1.807, 2.05) is 6.92 Å². The summed E-state index contributed by atoms with van der Waals surface area (Å²) in [6.45, 7) is 1.27. The van der Waals surface area contributed by atoms with E-state index in [0.717, 1.165) is 17.7 Å². The number of benzene rings is 2. The van der Waals surface area contributed by atoms with E-state index in [0.29, 0.717) is 28.0 Å². The van der Waals surface area contributed by atoms with E-state index in [1.54, 1.807) is 36.4 Å². The second kappa shape index (κ2) is 12.2. The number of halogens is 3. The fourth-order valence-electron chi connectivity index (χ4n) is 3.18. The predicted octanol–water partition coefficient (Wildman–Crippen LogP) is 5.44. The average Bonchev–Trinajstić information content (AvgIpc) is 2.81. The van der Waals surface area contributed by atoms with E-state index < -0.39 is 30.6 Å². The summed E-state index contributed by atoms with van der Waals surface area (Å²) in [6.07, 6.45) is -1.36. The first-order valence-electron chi connectivity index (χ1n) is 10.5. The molecule has 0 aliphatic carbocycles. The number of allylic oxidation sites excluding steroid dienone is 3. The van der Waals surface area contributed by atoms with E-state index in [-0.39, 0.29) is 18.8 Å². The molecule has 0 heterocycles. The van der Waals surface area contributed by atoms with Gasteiger partial charge in [0.25, 0.3) is 0 Å². The SMILES string of the molecule is COc1cc(/C=C/C(=O)C(CCC(F)(F)F)=C(O)/C=C/c2ccc(CO)c(CO)c2)ccc1C. The number of aliphatic hydroxyl groups excluding tert-OH is 3. The first-order chi connectivity index (χ1) is 16.1. The predicted molar refractivity (Wildman–Crippen MR) is 124 cm³/mol. The van der Waals surface area contributed by atoms with Gasteiger partial charge in [0.1, 0.15) is 11.5 Å². The highest BCUT2D eigenvalue weighted by Gasteiger charge is 2.28. The van der Waals surface area contributed by atoms with Gasteiger partial charge in [-0.05, 0) is 65.4 Å². The fraction of sp³-hybridized carbons (Fsp3) is 0.269. The van der Waals surface area contributed by atoms with Gasteiger partial charge in [-0.15, -0.1) is 0 Å². The molecule has 2 aromatic rings. The second-order valence-corrected chi connectivity index (χ2v) is 7.58. The van der Waals surface area contributed by atoms with Gasteiger partial charge in [0.2, 0.25) is 0 Å². The zero-order chi connectivity index (χ0) is 25.3. The number of ketones is 1. The maximum atomic E-state index is 12.8. The molecule has 0 aliphatic rings. The van der Waals surface area contributed by atoms with Crippen molar-refractivity contribution in [3.63, 3.8) is 0 Å². The normalized spacial score (nSPS) is 12.9. The van der Waals surface area contributed by atoms with Crippen molar-refractivity contribution in [2.45, 2.75) is 39.2 Å². The van der Waals surface area contributed by atoms with Gasteiger partial charge in [-0.1, -0.05) is 36.4 Å². The lowest BCUT2D eigenvalue weighted by Gasteiger charge is -2.09. The number of ether oxygens (including phenoxy) is 1. The monoisotopic (exact) mass is 476 g/mol. The van der Waals surface area contributed by atoms with Crippen molar-refractivity contribution in [2.75, 3.05) is 7.11 Å². The standard InChI is InChI=1S/C26H27F3O5/c1-17-3-4-19(14-25(17)34-2)7-10-24(33)22(11-12-26(27,28)29)23(32)9-6-18-5-8-20(15-30)21(13-18)16-31/h3-10,13-14,30-32H,11-12,15-16H2,1-2H3/b9-6+,10-7+,23-22?. The first-order valence-corrected chi connectivity index (χ1v) is 10.5. The maximum Gasteiger partial charge on any atom is 0.389 e. The van der Waals surface area contributed by atoms with Crippen LogP contribution in [0.2, 0.25) is 0 Å². The third kappa shape index (κ3) is 7.90. The molecule has 0 aliphatic heterocycles. The number of methoxy groups -OCH3 is 1. The highest BCUT2D eigenvalue weighted by atomic mass is 19.4. The van der Waals surface area contributed by atoms with Gasteiger partial charge < -0.3 is 20.1 Å². The van der Waals surface area contributed by atoms with Crippen LogP contribution < -0.4 is 4.74 Å². The molecular formula is C26H27F3O5. The number of alkyl halides is 3. The van der Waals surface area contributed by atoms with Crippen molar-refractivity contribution in [3.05, 3.63) is 87.7 Å². The van der Waals surface area contributed by atoms with Gasteiger partial charge in [0.15, 0.2) is 5.78 Å². The molecule has 2 rings (SSSR count). The Hall–Kier alpha value is -3.36. The maximum absolute atomic E-state index is 12.8. The molecule has 182 valence electrons. The molecule has 5 nitrogen and oxygen atoms in total. The fourth-order valence-corrected chi connectivity index (χ4v) is 3.18. The molecule has 8 heteroatoms. The Morgan fingerprint density at radius 2 is 1.59 bits per heavy atom. The summed E-state index contributed by atoms with van der Waals surface area (Å²) < 4.78 is 43.7. The van der Waals surface area contributed by atoms with Crippen molar-refractivity contribution in [1.29, 1.82) is 0 Å². The highest BCUT2D eigenvalue weighted by molar-refractivity contribution is 6.07. The van der Waals surface area contributed by atoms with Crippen LogP contribution in [-0.4, -0.2) is 34.4 Å². The number of hydrogen-bond donors (Lipinski definition) is 3. The molecule has 0 fully saturated rings. The van der Waals surface area contributed by atoms with Gasteiger partial charge >= 0.3 is 6.18 Å². The molecule has 3 N–H and O–H groups in total. The minimum absolute atomic E-state index is 0.264. The molecule has 0 radical (unpaired) electrons. The van der Waals surface area contributed by atoms with Crippen LogP contribution in [0.4, 0.5) is 13.2 Å². The minimum Gasteiger partial charge on any atom is -0.508 e. The van der Waals surface area contributed by atoms with E-state index in [4.69, 9.17) is 4.74 Å². The van der Waals surface area contributed by atoms with E-state index in [2.05, 4.69) is 0 Å². The molecule has 0 spiro atoms. The van der Waals surface area contributed by atoms with Gasteiger partial charge in [0.05, 0.1) is 20.3 Å². The smallest absolute Gasteiger partial charge is 0.389 e. The Bertz CT molecular complexity index is 1100. The summed E-state index contributed by atoms with van der Waals surface area (Å²) in [6, 6.07) is 9.96. The number of rotatable bonds is 10. The number of aliphatic hydroxyl groups is 3. The molecular weight excluding hydrogens is 449 g/mol. The van der Waals surface area contributed by atoms with Crippen molar-refractivity contribution in [2.24, 2.45) is 0 Å². The third-order valence-corrected chi connectivity index (χ3v) is 5.13. The average molecular weight is 476 g/mol. The number of hydrogen-bond acceptors (Lipinski definition) is 5. The molecule has 0 saturated heterocycles. The van der Waals surface area contributed by atoms with Gasteiger partial charge in [-0.3, -0.25) is 4.79 Å².